The van der Waals surface area contributed by atoms with Crippen LogP contribution in [0.25, 0.3) is 0 Å². The number of methoxy groups -OCH3 is 1. The Labute approximate surface area is 140 Å². The SMILES string of the molecule is COc1c(Cl)cc(C(=O)N(C[C@H]2CCOC2)C2CC2)cc1Cl. The number of hydrogen-bond acceptors (Lipinski definition) is 3. The Bertz CT molecular complexity index is 546. The maximum absolute atomic E-state index is 12.8. The number of amides is 1. The molecule has 1 aromatic rings. The van der Waals surface area contributed by atoms with E-state index in [2.05, 4.69) is 0 Å². The molecule has 0 spiro atoms. The fourth-order valence-corrected chi connectivity index (χ4v) is 3.48. The van der Waals surface area contributed by atoms with Crippen molar-refractivity contribution in [1.82, 2.24) is 4.90 Å². The minimum Gasteiger partial charge on any atom is -0.494 e. The average Bonchev–Trinajstić information content (AvgIpc) is 3.20. The molecule has 0 bridgehead atoms. The van der Waals surface area contributed by atoms with Crippen molar-refractivity contribution in [2.45, 2.75) is 25.3 Å². The zero-order valence-corrected chi connectivity index (χ0v) is 14.0. The average molecular weight is 344 g/mol. The van der Waals surface area contributed by atoms with Gasteiger partial charge in [0.25, 0.3) is 5.91 Å². The molecule has 0 N–H and O–H groups in total. The Morgan fingerprint density at radius 3 is 2.50 bits per heavy atom. The quantitative estimate of drug-likeness (QED) is 0.819. The molecule has 22 heavy (non-hydrogen) atoms. The van der Waals surface area contributed by atoms with E-state index in [1.54, 1.807) is 12.1 Å². The summed E-state index contributed by atoms with van der Waals surface area (Å²) in [6.45, 7) is 2.27. The summed E-state index contributed by atoms with van der Waals surface area (Å²) in [6.07, 6.45) is 3.15. The van der Waals surface area contributed by atoms with Crippen LogP contribution in [0.4, 0.5) is 0 Å². The van der Waals surface area contributed by atoms with E-state index >= 15 is 0 Å². The number of ether oxygens (including phenoxy) is 2. The van der Waals surface area contributed by atoms with Gasteiger partial charge >= 0.3 is 0 Å². The van der Waals surface area contributed by atoms with Crippen LogP contribution in [0.1, 0.15) is 29.6 Å². The van der Waals surface area contributed by atoms with E-state index in [0.717, 1.165) is 39.0 Å². The Kier molecular flexibility index (Phi) is 4.81. The van der Waals surface area contributed by atoms with Crippen molar-refractivity contribution in [1.29, 1.82) is 0 Å². The van der Waals surface area contributed by atoms with Crippen LogP contribution in [-0.4, -0.2) is 43.7 Å². The standard InChI is InChI=1S/C16H19Cl2NO3/c1-21-15-13(17)6-11(7-14(15)18)16(20)19(12-2-3-12)8-10-4-5-22-9-10/h6-7,10,12H,2-5,8-9H2,1H3/t10-/m1/s1. The van der Waals surface area contributed by atoms with Gasteiger partial charge in [-0.2, -0.15) is 0 Å². The van der Waals surface area contributed by atoms with Crippen LogP contribution in [0.15, 0.2) is 12.1 Å². The topological polar surface area (TPSA) is 38.8 Å². The molecule has 0 radical (unpaired) electrons. The van der Waals surface area contributed by atoms with Crippen LogP contribution in [0.3, 0.4) is 0 Å². The summed E-state index contributed by atoms with van der Waals surface area (Å²) in [6, 6.07) is 3.61. The first kappa shape index (κ1) is 15.9. The van der Waals surface area contributed by atoms with Gasteiger partial charge in [0.1, 0.15) is 0 Å². The molecule has 2 fully saturated rings. The molecule has 6 heteroatoms. The zero-order chi connectivity index (χ0) is 15.7. The third-order valence-electron chi connectivity index (χ3n) is 4.18. The molecule has 1 aromatic carbocycles. The predicted molar refractivity (Wildman–Crippen MR) is 86.0 cm³/mol. The largest absolute Gasteiger partial charge is 0.494 e. The first-order chi connectivity index (χ1) is 10.6. The van der Waals surface area contributed by atoms with E-state index in [-0.39, 0.29) is 5.91 Å². The smallest absolute Gasteiger partial charge is 0.254 e. The monoisotopic (exact) mass is 343 g/mol. The fourth-order valence-electron chi connectivity index (χ4n) is 2.83. The summed E-state index contributed by atoms with van der Waals surface area (Å²) in [7, 11) is 1.51. The second-order valence-corrected chi connectivity index (χ2v) is 6.71. The Morgan fingerprint density at radius 1 is 1.32 bits per heavy atom. The van der Waals surface area contributed by atoms with Crippen LogP contribution in [0.5, 0.6) is 5.75 Å². The zero-order valence-electron chi connectivity index (χ0n) is 12.5. The molecule has 1 saturated heterocycles. The maximum atomic E-state index is 12.8. The van der Waals surface area contributed by atoms with Crippen LogP contribution in [-0.2, 0) is 4.74 Å². The van der Waals surface area contributed by atoms with Gasteiger partial charge in [0.05, 0.1) is 23.8 Å². The highest BCUT2D eigenvalue weighted by Gasteiger charge is 2.35. The summed E-state index contributed by atoms with van der Waals surface area (Å²) in [5.74, 6) is 0.816. The van der Waals surface area contributed by atoms with Crippen molar-refractivity contribution in [2.24, 2.45) is 5.92 Å². The summed E-state index contributed by atoms with van der Waals surface area (Å²) < 4.78 is 10.5. The summed E-state index contributed by atoms with van der Waals surface area (Å²) in [5, 5.41) is 0.719. The Morgan fingerprint density at radius 2 is 2.00 bits per heavy atom. The van der Waals surface area contributed by atoms with Crippen LogP contribution in [0.2, 0.25) is 10.0 Å². The van der Waals surface area contributed by atoms with Crippen molar-refractivity contribution in [3.63, 3.8) is 0 Å². The lowest BCUT2D eigenvalue weighted by Gasteiger charge is -2.25. The van der Waals surface area contributed by atoms with Gasteiger partial charge in [-0.15, -0.1) is 0 Å². The lowest BCUT2D eigenvalue weighted by Crippen LogP contribution is -2.37. The number of carbonyl (C=O) groups excluding carboxylic acids is 1. The molecule has 1 amide bonds. The van der Waals surface area contributed by atoms with Crippen LogP contribution in [0, 0.1) is 5.92 Å². The lowest BCUT2D eigenvalue weighted by atomic mass is 10.1. The van der Waals surface area contributed by atoms with Gasteiger partial charge in [-0.05, 0) is 31.4 Å². The van der Waals surface area contributed by atoms with E-state index in [9.17, 15) is 4.79 Å². The molecule has 2 aliphatic rings. The summed E-state index contributed by atoms with van der Waals surface area (Å²) >= 11 is 12.3. The molecule has 0 aromatic heterocycles. The highest BCUT2D eigenvalue weighted by Crippen LogP contribution is 2.36. The summed E-state index contributed by atoms with van der Waals surface area (Å²) in [4.78, 5) is 14.8. The van der Waals surface area contributed by atoms with Crippen LogP contribution < -0.4 is 4.74 Å². The number of carbonyl (C=O) groups is 1. The Balaban J connectivity index is 1.80. The highest BCUT2D eigenvalue weighted by molar-refractivity contribution is 6.37. The number of nitrogens with zero attached hydrogens (tertiary/aromatic N) is 1. The maximum Gasteiger partial charge on any atom is 0.254 e. The van der Waals surface area contributed by atoms with E-state index in [1.807, 2.05) is 4.90 Å². The Hall–Kier alpha value is -0.970. The second kappa shape index (κ2) is 6.65. The van der Waals surface area contributed by atoms with Gasteiger partial charge in [-0.25, -0.2) is 0 Å². The second-order valence-electron chi connectivity index (χ2n) is 5.89. The van der Waals surface area contributed by atoms with Crippen molar-refractivity contribution in [3.8, 4) is 5.75 Å². The number of halogens is 2. The van der Waals surface area contributed by atoms with Crippen molar-refractivity contribution >= 4 is 29.1 Å². The fraction of sp³-hybridized carbons (Fsp3) is 0.562. The molecule has 1 aliphatic carbocycles. The third-order valence-corrected chi connectivity index (χ3v) is 4.74. The van der Waals surface area contributed by atoms with E-state index in [0.29, 0.717) is 33.3 Å². The number of rotatable bonds is 5. The summed E-state index contributed by atoms with van der Waals surface area (Å²) in [5.41, 5.74) is 0.515. The van der Waals surface area contributed by atoms with E-state index in [1.165, 1.54) is 7.11 Å². The van der Waals surface area contributed by atoms with Gasteiger partial charge in [0.2, 0.25) is 0 Å². The molecule has 3 rings (SSSR count). The van der Waals surface area contributed by atoms with E-state index < -0.39 is 0 Å². The van der Waals surface area contributed by atoms with Crippen molar-refractivity contribution in [3.05, 3.63) is 27.7 Å². The normalized spacial score (nSPS) is 21.0. The minimum atomic E-state index is -0.0131. The number of benzene rings is 1. The molecule has 120 valence electrons. The predicted octanol–water partition coefficient (Wildman–Crippen LogP) is 3.64. The van der Waals surface area contributed by atoms with E-state index in [4.69, 9.17) is 32.7 Å². The van der Waals surface area contributed by atoms with Gasteiger partial charge in [-0.1, -0.05) is 23.2 Å². The lowest BCUT2D eigenvalue weighted by molar-refractivity contribution is 0.0706. The van der Waals surface area contributed by atoms with Gasteiger partial charge in [0, 0.05) is 30.7 Å². The van der Waals surface area contributed by atoms with Crippen molar-refractivity contribution < 1.29 is 14.3 Å². The molecule has 1 saturated carbocycles. The van der Waals surface area contributed by atoms with Crippen molar-refractivity contribution in [2.75, 3.05) is 26.9 Å². The van der Waals surface area contributed by atoms with Gasteiger partial charge in [-0.3, -0.25) is 4.79 Å². The van der Waals surface area contributed by atoms with Gasteiger partial charge in [0.15, 0.2) is 5.75 Å². The molecule has 4 nitrogen and oxygen atoms in total. The molecular formula is C16H19Cl2NO3. The van der Waals surface area contributed by atoms with Crippen LogP contribution >= 0.6 is 23.2 Å². The molecule has 0 unspecified atom stereocenters. The first-order valence-corrected chi connectivity index (χ1v) is 8.27. The molecule has 1 heterocycles. The molecular weight excluding hydrogens is 325 g/mol. The molecule has 1 atom stereocenters. The minimum absolute atomic E-state index is 0.0131. The molecule has 1 aliphatic heterocycles. The third kappa shape index (κ3) is 3.34. The number of hydrogen-bond donors (Lipinski definition) is 0. The van der Waals surface area contributed by atoms with Gasteiger partial charge < -0.3 is 14.4 Å². The highest BCUT2D eigenvalue weighted by atomic mass is 35.5. The first-order valence-electron chi connectivity index (χ1n) is 7.52.